The molecule has 25 heavy (non-hydrogen) atoms. The van der Waals surface area contributed by atoms with E-state index in [1.54, 1.807) is 0 Å². The van der Waals surface area contributed by atoms with Crippen molar-refractivity contribution in [2.75, 3.05) is 0 Å². The van der Waals surface area contributed by atoms with Crippen LogP contribution in [0.25, 0.3) is 38.4 Å². The Morgan fingerprint density at radius 2 is 1.44 bits per heavy atom. The molecule has 5 aromatic rings. The summed E-state index contributed by atoms with van der Waals surface area (Å²) < 4.78 is 2.02. The van der Waals surface area contributed by atoms with Crippen LogP contribution in [0.2, 0.25) is 0 Å². The lowest BCUT2D eigenvalue weighted by Gasteiger charge is -2.09. The monoisotopic (exact) mass is 319 g/mol. The van der Waals surface area contributed by atoms with Crippen molar-refractivity contribution in [1.82, 2.24) is 14.4 Å². The van der Waals surface area contributed by atoms with Gasteiger partial charge >= 0.3 is 0 Å². The van der Waals surface area contributed by atoms with Gasteiger partial charge in [-0.1, -0.05) is 42.5 Å². The van der Waals surface area contributed by atoms with Crippen LogP contribution in [-0.2, 0) is 0 Å². The van der Waals surface area contributed by atoms with Gasteiger partial charge < -0.3 is 0 Å². The van der Waals surface area contributed by atoms with Crippen LogP contribution in [0.5, 0.6) is 0 Å². The summed E-state index contributed by atoms with van der Waals surface area (Å²) in [6, 6.07) is 22.0. The van der Waals surface area contributed by atoms with Gasteiger partial charge in [-0.05, 0) is 12.1 Å². The number of fused-ring (bicyclic) bond motifs is 8. The fraction of sp³-hybridized carbons (Fsp3) is 0. The first-order valence-corrected chi connectivity index (χ1v) is 7.74. The minimum Gasteiger partial charge on any atom is -0.292 e. The number of nitriles is 2. The molecule has 0 saturated carbocycles. The lowest BCUT2D eigenvalue weighted by atomic mass is 10.1. The molecule has 0 spiro atoms. The van der Waals surface area contributed by atoms with E-state index in [0.717, 1.165) is 27.2 Å². The Morgan fingerprint density at radius 3 is 2.24 bits per heavy atom. The molecule has 0 amide bonds. The SMILES string of the molecule is N#Cc1nc2c3ccccc3c3cc4ccccc4n3c2nc1C#N. The number of hydrogen-bond acceptors (Lipinski definition) is 4. The molecule has 3 heterocycles. The molecular weight excluding hydrogens is 310 g/mol. The molecule has 0 aliphatic carbocycles. The molecule has 0 bridgehead atoms. The van der Waals surface area contributed by atoms with Crippen molar-refractivity contribution in [2.45, 2.75) is 0 Å². The van der Waals surface area contributed by atoms with E-state index in [2.05, 4.69) is 16.0 Å². The second-order valence-electron chi connectivity index (χ2n) is 5.79. The van der Waals surface area contributed by atoms with Crippen molar-refractivity contribution in [3.05, 3.63) is 66.0 Å². The molecule has 3 aromatic heterocycles. The maximum atomic E-state index is 9.35. The van der Waals surface area contributed by atoms with Gasteiger partial charge in [-0.25, -0.2) is 9.97 Å². The third-order valence-corrected chi connectivity index (χ3v) is 4.47. The van der Waals surface area contributed by atoms with Crippen LogP contribution in [0.1, 0.15) is 11.4 Å². The van der Waals surface area contributed by atoms with Crippen molar-refractivity contribution >= 4 is 38.4 Å². The summed E-state index contributed by atoms with van der Waals surface area (Å²) >= 11 is 0. The summed E-state index contributed by atoms with van der Waals surface area (Å²) in [5.41, 5.74) is 3.31. The van der Waals surface area contributed by atoms with Crippen molar-refractivity contribution in [1.29, 1.82) is 10.5 Å². The minimum atomic E-state index is 0.0457. The second-order valence-corrected chi connectivity index (χ2v) is 5.79. The normalized spacial score (nSPS) is 11.1. The molecule has 5 rings (SSSR count). The first kappa shape index (κ1) is 13.5. The highest BCUT2D eigenvalue weighted by Crippen LogP contribution is 2.32. The van der Waals surface area contributed by atoms with Gasteiger partial charge in [0, 0.05) is 16.2 Å². The van der Waals surface area contributed by atoms with E-state index < -0.39 is 0 Å². The lowest BCUT2D eigenvalue weighted by molar-refractivity contribution is 1.15. The summed E-state index contributed by atoms with van der Waals surface area (Å²) in [7, 11) is 0. The Bertz CT molecular complexity index is 1410. The first-order valence-electron chi connectivity index (χ1n) is 7.74. The topological polar surface area (TPSA) is 77.8 Å². The van der Waals surface area contributed by atoms with Crippen LogP contribution >= 0.6 is 0 Å². The molecule has 0 aliphatic heterocycles. The zero-order valence-corrected chi connectivity index (χ0v) is 12.9. The van der Waals surface area contributed by atoms with E-state index >= 15 is 0 Å². The maximum absolute atomic E-state index is 9.35. The fourth-order valence-electron chi connectivity index (χ4n) is 3.41. The van der Waals surface area contributed by atoms with E-state index in [1.165, 1.54) is 0 Å². The van der Waals surface area contributed by atoms with Gasteiger partial charge in [0.15, 0.2) is 17.0 Å². The number of pyridine rings is 1. The van der Waals surface area contributed by atoms with E-state index in [9.17, 15) is 10.5 Å². The molecule has 0 unspecified atom stereocenters. The zero-order chi connectivity index (χ0) is 17.0. The Kier molecular flexibility index (Phi) is 2.57. The third kappa shape index (κ3) is 1.69. The Labute approximate surface area is 142 Å². The van der Waals surface area contributed by atoms with Crippen molar-refractivity contribution in [2.24, 2.45) is 0 Å². The molecule has 0 fully saturated rings. The molecule has 0 radical (unpaired) electrons. The van der Waals surface area contributed by atoms with E-state index in [0.29, 0.717) is 11.2 Å². The van der Waals surface area contributed by atoms with Gasteiger partial charge in [0.25, 0.3) is 0 Å². The quantitative estimate of drug-likeness (QED) is 0.405. The van der Waals surface area contributed by atoms with Crippen LogP contribution in [0.4, 0.5) is 0 Å². The van der Waals surface area contributed by atoms with Gasteiger partial charge in [0.05, 0.1) is 11.0 Å². The molecular formula is C20H9N5. The van der Waals surface area contributed by atoms with E-state index in [-0.39, 0.29) is 11.4 Å². The standard InChI is InChI=1S/C20H9N5/c21-10-15-16(11-22)24-20-19(23-15)14-7-3-2-6-13(14)18-9-12-5-1-4-8-17(12)25(18)20/h1-9H. The Hall–Kier alpha value is -3.96. The van der Waals surface area contributed by atoms with Crippen molar-refractivity contribution in [3.63, 3.8) is 0 Å². The first-order chi connectivity index (χ1) is 12.3. The number of para-hydroxylation sites is 1. The number of hydrogen-bond donors (Lipinski definition) is 0. The predicted octanol–water partition coefficient (Wildman–Crippen LogP) is 3.93. The number of aromatic nitrogens is 3. The third-order valence-electron chi connectivity index (χ3n) is 4.47. The summed E-state index contributed by atoms with van der Waals surface area (Å²) in [5.74, 6) is 0. The van der Waals surface area contributed by atoms with Crippen LogP contribution in [0, 0.1) is 22.7 Å². The van der Waals surface area contributed by atoms with Crippen LogP contribution in [-0.4, -0.2) is 14.4 Å². The summed E-state index contributed by atoms with van der Waals surface area (Å²) in [6.45, 7) is 0. The number of rotatable bonds is 0. The second kappa shape index (κ2) is 4.77. The summed E-state index contributed by atoms with van der Waals surface area (Å²) in [6.07, 6.45) is 0. The van der Waals surface area contributed by atoms with Gasteiger partial charge in [0.2, 0.25) is 0 Å². The van der Waals surface area contributed by atoms with Crippen molar-refractivity contribution < 1.29 is 0 Å². The zero-order valence-electron chi connectivity index (χ0n) is 12.9. The van der Waals surface area contributed by atoms with Gasteiger partial charge in [-0.15, -0.1) is 0 Å². The summed E-state index contributed by atoms with van der Waals surface area (Å²) in [4.78, 5) is 8.94. The van der Waals surface area contributed by atoms with E-state index in [1.807, 2.05) is 65.1 Å². The van der Waals surface area contributed by atoms with Crippen molar-refractivity contribution in [3.8, 4) is 12.1 Å². The Balaban J connectivity index is 2.19. The highest BCUT2D eigenvalue weighted by atomic mass is 15.0. The molecule has 114 valence electrons. The van der Waals surface area contributed by atoms with Crippen LogP contribution in [0.3, 0.4) is 0 Å². The van der Waals surface area contributed by atoms with Crippen LogP contribution in [0.15, 0.2) is 54.6 Å². The molecule has 5 heteroatoms. The summed E-state index contributed by atoms with van der Waals surface area (Å²) in [5, 5.41) is 21.7. The fourth-order valence-corrected chi connectivity index (χ4v) is 3.41. The molecule has 0 atom stereocenters. The van der Waals surface area contributed by atoms with Gasteiger partial charge in [-0.3, -0.25) is 4.40 Å². The molecule has 0 N–H and O–H groups in total. The molecule has 2 aromatic carbocycles. The highest BCUT2D eigenvalue weighted by Gasteiger charge is 2.16. The van der Waals surface area contributed by atoms with Gasteiger partial charge in [-0.2, -0.15) is 10.5 Å². The number of benzene rings is 2. The average Bonchev–Trinajstić information content (AvgIpc) is 3.07. The smallest absolute Gasteiger partial charge is 0.179 e. The predicted molar refractivity (Wildman–Crippen MR) is 94.9 cm³/mol. The molecule has 0 aliphatic rings. The maximum Gasteiger partial charge on any atom is 0.179 e. The average molecular weight is 319 g/mol. The van der Waals surface area contributed by atoms with E-state index in [4.69, 9.17) is 0 Å². The largest absolute Gasteiger partial charge is 0.292 e. The minimum absolute atomic E-state index is 0.0457. The lowest BCUT2D eigenvalue weighted by Crippen LogP contribution is -2.01. The van der Waals surface area contributed by atoms with Gasteiger partial charge in [0.1, 0.15) is 17.7 Å². The Morgan fingerprint density at radius 1 is 0.760 bits per heavy atom. The van der Waals surface area contributed by atoms with Crippen LogP contribution < -0.4 is 0 Å². The highest BCUT2D eigenvalue weighted by molar-refractivity contribution is 6.13. The molecule has 0 saturated heterocycles. The number of nitrogens with zero attached hydrogens (tertiary/aromatic N) is 5. The molecule has 5 nitrogen and oxygen atoms in total.